The molecule has 3 saturated heterocycles. The number of ether oxygens (including phenoxy) is 2. The van der Waals surface area contributed by atoms with Gasteiger partial charge in [0.1, 0.15) is 23.3 Å². The van der Waals surface area contributed by atoms with Gasteiger partial charge in [0.05, 0.1) is 42.9 Å². The van der Waals surface area contributed by atoms with Crippen LogP contribution < -0.4 is 20.4 Å². The molecule has 0 bridgehead atoms. The quantitative estimate of drug-likeness (QED) is 0.130. The van der Waals surface area contributed by atoms with Crippen LogP contribution in [0.1, 0.15) is 59.0 Å². The Bertz CT molecular complexity index is 2680. The third kappa shape index (κ3) is 6.86. The van der Waals surface area contributed by atoms with Crippen molar-refractivity contribution in [2.75, 3.05) is 41.4 Å². The van der Waals surface area contributed by atoms with E-state index >= 15 is 14.4 Å². The van der Waals surface area contributed by atoms with Gasteiger partial charge < -0.3 is 30.1 Å². The molecule has 6 aromatic rings. The lowest BCUT2D eigenvalue weighted by Crippen LogP contribution is -2.55. The Labute approximate surface area is 371 Å². The number of imide groups is 1. The smallest absolute Gasteiger partial charge is 0.329 e. The molecule has 4 heterocycles. The Hall–Kier alpha value is -7.28. The summed E-state index contributed by atoms with van der Waals surface area (Å²) < 4.78 is 12.1. The number of morpholine rings is 2. The predicted molar refractivity (Wildman–Crippen MR) is 242 cm³/mol. The Kier molecular flexibility index (Phi) is 10.7. The zero-order valence-electron chi connectivity index (χ0n) is 35.1. The molecule has 0 radical (unpaired) electrons. The van der Waals surface area contributed by atoms with Gasteiger partial charge in [0.15, 0.2) is 0 Å². The molecule has 0 unspecified atom stereocenters. The number of carbonyl (C=O) groups excluding carboxylic acids is 4. The number of amides is 4. The standard InChI is InChI=1S/C52H47N5O7/c1-33(34-13-5-2-6-14-34)53-51(62)56-42-20-12-11-19-41(42)52(50(56)61)43(48(59)54-38-23-25-39(26-24-38)55-29-31-63-32-30-55)45-49(60)64-46(36-17-9-4-10-18-36)44(35-15-7-3-8-16-35)57(45)47(52)37-21-27-40(58)28-22-37/h2-28,33,43-47,58H,29-32H2,1H3,(H,53,62)(H,54,59)/t33-,43-,44-,45-,46+,47+,52-/m1/s1. The largest absolute Gasteiger partial charge is 0.508 e. The maximum atomic E-state index is 16.3. The first kappa shape index (κ1) is 40.8. The van der Waals surface area contributed by atoms with Crippen LogP contribution in [-0.4, -0.2) is 66.2 Å². The first-order valence-electron chi connectivity index (χ1n) is 21.7. The Morgan fingerprint density at radius 3 is 1.98 bits per heavy atom. The molecular weight excluding hydrogens is 807 g/mol. The van der Waals surface area contributed by atoms with Crippen LogP contribution in [0, 0.1) is 5.92 Å². The number of rotatable bonds is 8. The van der Waals surface area contributed by atoms with Gasteiger partial charge in [-0.25, -0.2) is 9.69 Å². The van der Waals surface area contributed by atoms with Gasteiger partial charge in [0, 0.05) is 24.5 Å². The van der Waals surface area contributed by atoms with Crippen LogP contribution in [-0.2, 0) is 29.3 Å². The van der Waals surface area contributed by atoms with Crippen LogP contribution in [0.5, 0.6) is 5.75 Å². The molecule has 6 aromatic carbocycles. The van der Waals surface area contributed by atoms with Crippen LogP contribution in [0.3, 0.4) is 0 Å². The summed E-state index contributed by atoms with van der Waals surface area (Å²) in [5.74, 6) is -3.40. The molecule has 0 aromatic heterocycles. The molecule has 0 saturated carbocycles. The maximum absolute atomic E-state index is 16.3. The zero-order valence-corrected chi connectivity index (χ0v) is 35.1. The van der Waals surface area contributed by atoms with Crippen molar-refractivity contribution < 1.29 is 33.8 Å². The van der Waals surface area contributed by atoms with Crippen LogP contribution in [0.15, 0.2) is 164 Å². The van der Waals surface area contributed by atoms with Crippen molar-refractivity contribution in [1.82, 2.24) is 10.2 Å². The van der Waals surface area contributed by atoms with Gasteiger partial charge in [-0.15, -0.1) is 0 Å². The van der Waals surface area contributed by atoms with E-state index in [0.717, 1.165) is 40.4 Å². The number of nitrogens with one attached hydrogen (secondary N) is 2. The van der Waals surface area contributed by atoms with Gasteiger partial charge >= 0.3 is 12.0 Å². The van der Waals surface area contributed by atoms with E-state index in [1.807, 2.05) is 127 Å². The second-order valence-electron chi connectivity index (χ2n) is 16.7. The van der Waals surface area contributed by atoms with E-state index in [-0.39, 0.29) is 5.75 Å². The molecule has 0 aliphatic carbocycles. The summed E-state index contributed by atoms with van der Waals surface area (Å²) in [6.07, 6.45) is -0.864. The Balaban J connectivity index is 1.18. The normalized spacial score (nSPS) is 24.4. The SMILES string of the molecule is C[C@@H](NC(=O)N1C(=O)[C@@]2(c3ccccc31)[C@H](c1ccc(O)cc1)N1[C@H](c3ccccc3)[C@H](c3ccccc3)OC(=O)[C@H]1[C@@H]2C(=O)Nc1ccc(N2CCOCC2)cc1)c1ccccc1. The number of urea groups is 1. The summed E-state index contributed by atoms with van der Waals surface area (Å²) in [5, 5.41) is 16.8. The lowest BCUT2D eigenvalue weighted by Gasteiger charge is -2.46. The summed E-state index contributed by atoms with van der Waals surface area (Å²) in [7, 11) is 0. The number of benzene rings is 6. The molecule has 4 aliphatic heterocycles. The van der Waals surface area contributed by atoms with Gasteiger partial charge in [-0.05, 0) is 77.2 Å². The van der Waals surface area contributed by atoms with E-state index in [1.54, 1.807) is 36.4 Å². The molecule has 64 heavy (non-hydrogen) atoms. The number of fused-ring (bicyclic) bond motifs is 3. The van der Waals surface area contributed by atoms with E-state index in [9.17, 15) is 9.90 Å². The highest BCUT2D eigenvalue weighted by Gasteiger charge is 2.75. The second kappa shape index (κ2) is 16.8. The molecule has 1 spiro atoms. The fourth-order valence-electron chi connectivity index (χ4n) is 10.4. The molecule has 7 atom stereocenters. The van der Waals surface area contributed by atoms with Crippen molar-refractivity contribution in [3.8, 4) is 5.75 Å². The number of carbonyl (C=O) groups is 4. The van der Waals surface area contributed by atoms with Gasteiger partial charge in [-0.1, -0.05) is 121 Å². The maximum Gasteiger partial charge on any atom is 0.329 e. The fraction of sp³-hybridized carbons (Fsp3) is 0.231. The fourth-order valence-corrected chi connectivity index (χ4v) is 10.4. The van der Waals surface area contributed by atoms with Crippen molar-refractivity contribution >= 4 is 40.9 Å². The number of aromatic hydroxyl groups is 1. The minimum atomic E-state index is -1.90. The number of phenolic OH excluding ortho intramolecular Hbond substituents is 1. The second-order valence-corrected chi connectivity index (χ2v) is 16.7. The van der Waals surface area contributed by atoms with Crippen molar-refractivity contribution in [2.45, 2.75) is 42.6 Å². The average Bonchev–Trinajstić information content (AvgIpc) is 3.80. The number of esters is 1. The van der Waals surface area contributed by atoms with Crippen LogP contribution in [0.4, 0.5) is 21.9 Å². The minimum absolute atomic E-state index is 0.00366. The Morgan fingerprint density at radius 2 is 1.31 bits per heavy atom. The van der Waals surface area contributed by atoms with E-state index < -0.39 is 65.4 Å². The number of hydrogen-bond donors (Lipinski definition) is 3. The lowest BCUT2D eigenvalue weighted by molar-refractivity contribution is -0.177. The molecule has 3 fully saturated rings. The molecular formula is C52H47N5O7. The number of hydrogen-bond acceptors (Lipinski definition) is 9. The predicted octanol–water partition coefficient (Wildman–Crippen LogP) is 8.00. The number of para-hydroxylation sites is 1. The summed E-state index contributed by atoms with van der Waals surface area (Å²) in [4.78, 5) is 67.3. The number of phenols is 1. The third-order valence-electron chi connectivity index (χ3n) is 13.2. The Morgan fingerprint density at radius 1 is 0.703 bits per heavy atom. The van der Waals surface area contributed by atoms with E-state index in [1.165, 1.54) is 12.1 Å². The van der Waals surface area contributed by atoms with Gasteiger partial charge in [-0.3, -0.25) is 19.3 Å². The summed E-state index contributed by atoms with van der Waals surface area (Å²) >= 11 is 0. The molecule has 12 heteroatoms. The van der Waals surface area contributed by atoms with Crippen molar-refractivity contribution in [3.05, 3.63) is 192 Å². The number of nitrogens with zero attached hydrogens (tertiary/aromatic N) is 3. The zero-order chi connectivity index (χ0) is 44.0. The third-order valence-corrected chi connectivity index (χ3v) is 13.2. The van der Waals surface area contributed by atoms with Crippen LogP contribution in [0.2, 0.25) is 0 Å². The highest BCUT2D eigenvalue weighted by molar-refractivity contribution is 6.25. The van der Waals surface area contributed by atoms with E-state index in [4.69, 9.17) is 9.47 Å². The van der Waals surface area contributed by atoms with E-state index in [2.05, 4.69) is 15.5 Å². The summed E-state index contributed by atoms with van der Waals surface area (Å²) in [6, 6.07) is 45.2. The molecule has 3 N–H and O–H groups in total. The van der Waals surface area contributed by atoms with Crippen LogP contribution >= 0.6 is 0 Å². The van der Waals surface area contributed by atoms with Crippen molar-refractivity contribution in [2.24, 2.45) is 5.92 Å². The van der Waals surface area contributed by atoms with Crippen molar-refractivity contribution in [3.63, 3.8) is 0 Å². The first-order valence-corrected chi connectivity index (χ1v) is 21.7. The van der Waals surface area contributed by atoms with Gasteiger partial charge in [0.25, 0.3) is 0 Å². The molecule has 4 aliphatic rings. The van der Waals surface area contributed by atoms with E-state index in [0.29, 0.717) is 35.7 Å². The van der Waals surface area contributed by atoms with Crippen LogP contribution in [0.25, 0.3) is 0 Å². The van der Waals surface area contributed by atoms with Gasteiger partial charge in [-0.2, -0.15) is 0 Å². The molecule has 10 rings (SSSR count). The number of anilines is 3. The highest BCUT2D eigenvalue weighted by atomic mass is 16.6. The molecule has 4 amide bonds. The minimum Gasteiger partial charge on any atom is -0.508 e. The molecule has 12 nitrogen and oxygen atoms in total. The molecule has 322 valence electrons. The first-order chi connectivity index (χ1) is 31.3. The topological polar surface area (TPSA) is 141 Å². The summed E-state index contributed by atoms with van der Waals surface area (Å²) in [5.41, 5.74) is 3.15. The monoisotopic (exact) mass is 853 g/mol. The highest BCUT2D eigenvalue weighted by Crippen LogP contribution is 2.66. The number of cyclic esters (lactones) is 1. The average molecular weight is 854 g/mol. The van der Waals surface area contributed by atoms with Crippen molar-refractivity contribution in [1.29, 1.82) is 0 Å². The lowest BCUT2D eigenvalue weighted by atomic mass is 9.65. The summed E-state index contributed by atoms with van der Waals surface area (Å²) in [6.45, 7) is 4.54. The van der Waals surface area contributed by atoms with Gasteiger partial charge in [0.2, 0.25) is 11.8 Å².